The monoisotopic (exact) mass is 330 g/mol. The summed E-state index contributed by atoms with van der Waals surface area (Å²) in [5.41, 5.74) is 1.16. The predicted octanol–water partition coefficient (Wildman–Crippen LogP) is 2.79. The van der Waals surface area contributed by atoms with Crippen molar-refractivity contribution in [2.24, 2.45) is 0 Å². The molecule has 4 rings (SSSR count). The van der Waals surface area contributed by atoms with E-state index in [2.05, 4.69) is 19.9 Å². The summed E-state index contributed by atoms with van der Waals surface area (Å²) in [5.74, 6) is 1.97. The quantitative estimate of drug-likeness (QED) is 0.843. The lowest BCUT2D eigenvalue weighted by Crippen LogP contribution is -2.30. The van der Waals surface area contributed by atoms with Crippen LogP contribution in [0.25, 0.3) is 0 Å². The van der Waals surface area contributed by atoms with E-state index in [0.29, 0.717) is 5.92 Å². The first kappa shape index (κ1) is 15.7. The van der Waals surface area contributed by atoms with Crippen LogP contribution in [0.15, 0.2) is 28.8 Å². The van der Waals surface area contributed by atoms with E-state index in [-0.39, 0.29) is 5.82 Å². The minimum Gasteiger partial charge on any atom is -0.339 e. The second-order valence-corrected chi connectivity index (χ2v) is 6.86. The third-order valence-corrected chi connectivity index (χ3v) is 4.78. The standard InChI is InChI=1S/C18H23FN4O/c19-16-6-2-14(3-7-16)12-22-8-1-9-23(11-10-22)13-17-20-18(24-21-17)15-4-5-15/h2-3,6-7,15H,1,4-5,8-13H2. The van der Waals surface area contributed by atoms with Gasteiger partial charge in [0.15, 0.2) is 5.82 Å². The summed E-state index contributed by atoms with van der Waals surface area (Å²) in [6.07, 6.45) is 3.49. The Morgan fingerprint density at radius 1 is 1.00 bits per heavy atom. The van der Waals surface area contributed by atoms with Crippen LogP contribution in [-0.2, 0) is 13.1 Å². The summed E-state index contributed by atoms with van der Waals surface area (Å²) in [7, 11) is 0. The summed E-state index contributed by atoms with van der Waals surface area (Å²) < 4.78 is 18.3. The number of aromatic nitrogens is 2. The molecule has 0 atom stereocenters. The van der Waals surface area contributed by atoms with Crippen molar-refractivity contribution in [2.75, 3.05) is 26.2 Å². The van der Waals surface area contributed by atoms with Crippen molar-refractivity contribution in [3.63, 3.8) is 0 Å². The van der Waals surface area contributed by atoms with Gasteiger partial charge in [-0.2, -0.15) is 4.98 Å². The van der Waals surface area contributed by atoms with Crippen LogP contribution in [0.2, 0.25) is 0 Å². The second kappa shape index (κ2) is 6.99. The second-order valence-electron chi connectivity index (χ2n) is 6.86. The average molecular weight is 330 g/mol. The van der Waals surface area contributed by atoms with Gasteiger partial charge in [0.25, 0.3) is 0 Å². The van der Waals surface area contributed by atoms with E-state index >= 15 is 0 Å². The molecule has 1 aliphatic heterocycles. The van der Waals surface area contributed by atoms with Gasteiger partial charge in [-0.3, -0.25) is 9.80 Å². The summed E-state index contributed by atoms with van der Waals surface area (Å²) in [6, 6.07) is 6.81. The maximum atomic E-state index is 13.0. The molecule has 0 N–H and O–H groups in total. The van der Waals surface area contributed by atoms with Crippen LogP contribution < -0.4 is 0 Å². The maximum Gasteiger partial charge on any atom is 0.229 e. The molecule has 2 heterocycles. The van der Waals surface area contributed by atoms with Gasteiger partial charge in [0.2, 0.25) is 5.89 Å². The lowest BCUT2D eigenvalue weighted by atomic mass is 10.2. The van der Waals surface area contributed by atoms with E-state index in [1.54, 1.807) is 0 Å². The molecule has 2 aliphatic rings. The van der Waals surface area contributed by atoms with Gasteiger partial charge in [-0.1, -0.05) is 17.3 Å². The van der Waals surface area contributed by atoms with Gasteiger partial charge >= 0.3 is 0 Å². The zero-order valence-corrected chi connectivity index (χ0v) is 13.8. The van der Waals surface area contributed by atoms with Crippen molar-refractivity contribution in [1.82, 2.24) is 19.9 Å². The fourth-order valence-corrected chi connectivity index (χ4v) is 3.22. The number of rotatable bonds is 5. The molecular weight excluding hydrogens is 307 g/mol. The van der Waals surface area contributed by atoms with E-state index in [1.807, 2.05) is 12.1 Å². The molecule has 6 heteroatoms. The average Bonchev–Trinajstić information content (AvgIpc) is 3.36. The molecule has 2 aromatic rings. The zero-order valence-electron chi connectivity index (χ0n) is 13.8. The molecule has 1 aliphatic carbocycles. The molecule has 0 spiro atoms. The molecule has 0 unspecified atom stereocenters. The van der Waals surface area contributed by atoms with Gasteiger partial charge in [0, 0.05) is 25.6 Å². The van der Waals surface area contributed by atoms with E-state index in [0.717, 1.165) is 63.0 Å². The molecule has 5 nitrogen and oxygen atoms in total. The molecule has 0 bridgehead atoms. The Morgan fingerprint density at radius 2 is 1.71 bits per heavy atom. The topological polar surface area (TPSA) is 45.4 Å². The van der Waals surface area contributed by atoms with Crippen molar-refractivity contribution in [2.45, 2.75) is 38.3 Å². The van der Waals surface area contributed by atoms with Crippen LogP contribution in [0.1, 0.15) is 42.5 Å². The molecule has 1 saturated carbocycles. The predicted molar refractivity (Wildman–Crippen MR) is 87.8 cm³/mol. The molecule has 0 radical (unpaired) electrons. The third kappa shape index (κ3) is 3.99. The van der Waals surface area contributed by atoms with Crippen molar-refractivity contribution in [1.29, 1.82) is 0 Å². The van der Waals surface area contributed by atoms with Crippen LogP contribution >= 0.6 is 0 Å². The zero-order chi connectivity index (χ0) is 16.4. The van der Waals surface area contributed by atoms with Gasteiger partial charge < -0.3 is 4.52 Å². The van der Waals surface area contributed by atoms with Gasteiger partial charge in [-0.05, 0) is 50.0 Å². The van der Waals surface area contributed by atoms with Crippen LogP contribution in [0, 0.1) is 5.82 Å². The Morgan fingerprint density at radius 3 is 2.42 bits per heavy atom. The Kier molecular flexibility index (Phi) is 4.58. The lowest BCUT2D eigenvalue weighted by molar-refractivity contribution is 0.241. The molecule has 1 aromatic heterocycles. The molecule has 0 amide bonds. The lowest BCUT2D eigenvalue weighted by Gasteiger charge is -2.21. The van der Waals surface area contributed by atoms with Crippen molar-refractivity contribution < 1.29 is 8.91 Å². The van der Waals surface area contributed by atoms with E-state index in [1.165, 1.54) is 25.0 Å². The van der Waals surface area contributed by atoms with Crippen LogP contribution in [-0.4, -0.2) is 46.1 Å². The fraction of sp³-hybridized carbons (Fsp3) is 0.556. The highest BCUT2D eigenvalue weighted by Gasteiger charge is 2.29. The minimum atomic E-state index is -0.175. The van der Waals surface area contributed by atoms with Crippen molar-refractivity contribution in [3.05, 3.63) is 47.4 Å². The number of hydrogen-bond donors (Lipinski definition) is 0. The third-order valence-electron chi connectivity index (χ3n) is 4.78. The highest BCUT2D eigenvalue weighted by Crippen LogP contribution is 2.38. The van der Waals surface area contributed by atoms with Crippen LogP contribution in [0.4, 0.5) is 4.39 Å². The van der Waals surface area contributed by atoms with E-state index in [9.17, 15) is 4.39 Å². The number of halogens is 1. The van der Waals surface area contributed by atoms with Gasteiger partial charge in [0.05, 0.1) is 6.54 Å². The molecular formula is C18H23FN4O. The molecule has 1 saturated heterocycles. The largest absolute Gasteiger partial charge is 0.339 e. The first-order valence-electron chi connectivity index (χ1n) is 8.78. The highest BCUT2D eigenvalue weighted by molar-refractivity contribution is 5.15. The summed E-state index contributed by atoms with van der Waals surface area (Å²) in [5, 5.41) is 4.12. The first-order valence-corrected chi connectivity index (χ1v) is 8.78. The Hall–Kier alpha value is -1.79. The highest BCUT2D eigenvalue weighted by atomic mass is 19.1. The smallest absolute Gasteiger partial charge is 0.229 e. The Balaban J connectivity index is 1.29. The van der Waals surface area contributed by atoms with Crippen LogP contribution in [0.5, 0.6) is 0 Å². The number of hydrogen-bond acceptors (Lipinski definition) is 5. The van der Waals surface area contributed by atoms with Crippen molar-refractivity contribution in [3.8, 4) is 0 Å². The number of benzene rings is 1. The number of nitrogens with zero attached hydrogens (tertiary/aromatic N) is 4. The van der Waals surface area contributed by atoms with E-state index in [4.69, 9.17) is 4.52 Å². The van der Waals surface area contributed by atoms with Gasteiger partial charge in [-0.15, -0.1) is 0 Å². The molecule has 24 heavy (non-hydrogen) atoms. The van der Waals surface area contributed by atoms with Crippen molar-refractivity contribution >= 4 is 0 Å². The molecule has 2 fully saturated rings. The SMILES string of the molecule is Fc1ccc(CN2CCCN(Cc3noc(C4CC4)n3)CC2)cc1. The summed E-state index contributed by atoms with van der Waals surface area (Å²) >= 11 is 0. The Bertz CT molecular complexity index is 668. The van der Waals surface area contributed by atoms with E-state index < -0.39 is 0 Å². The fourth-order valence-electron chi connectivity index (χ4n) is 3.22. The maximum absolute atomic E-state index is 13.0. The molecule has 1 aromatic carbocycles. The van der Waals surface area contributed by atoms with Gasteiger partial charge in [0.1, 0.15) is 5.82 Å². The summed E-state index contributed by atoms with van der Waals surface area (Å²) in [4.78, 5) is 9.35. The summed E-state index contributed by atoms with van der Waals surface area (Å²) in [6.45, 7) is 5.75. The Labute approximate surface area is 141 Å². The van der Waals surface area contributed by atoms with Gasteiger partial charge in [-0.25, -0.2) is 4.39 Å². The normalized spacial score (nSPS) is 20.2. The minimum absolute atomic E-state index is 0.175. The first-order chi connectivity index (χ1) is 11.8. The molecule has 128 valence electrons. The van der Waals surface area contributed by atoms with Crippen LogP contribution in [0.3, 0.4) is 0 Å².